The first-order valence-corrected chi connectivity index (χ1v) is 10.8. The van der Waals surface area contributed by atoms with Gasteiger partial charge < -0.3 is 14.3 Å². The minimum atomic E-state index is -0.422. The third kappa shape index (κ3) is 3.80. The van der Waals surface area contributed by atoms with Crippen LogP contribution in [0.5, 0.6) is 0 Å². The highest BCUT2D eigenvalue weighted by Gasteiger charge is 2.24. The molecule has 1 unspecified atom stereocenters. The van der Waals surface area contributed by atoms with Crippen LogP contribution in [0.3, 0.4) is 0 Å². The van der Waals surface area contributed by atoms with Gasteiger partial charge in [0, 0.05) is 25.5 Å². The maximum atomic E-state index is 13.7. The molecule has 0 saturated heterocycles. The van der Waals surface area contributed by atoms with E-state index in [4.69, 9.17) is 9.40 Å². The Labute approximate surface area is 190 Å². The molecule has 4 aromatic heterocycles. The number of nitrogens with one attached hydrogen (secondary N) is 1. The molecule has 0 radical (unpaired) electrons. The second-order valence-electron chi connectivity index (χ2n) is 8.17. The number of fused-ring (bicyclic) bond motifs is 1. The van der Waals surface area contributed by atoms with Gasteiger partial charge in [0.2, 0.25) is 0 Å². The number of pyridine rings is 1. The number of benzene rings is 1. The van der Waals surface area contributed by atoms with Crippen LogP contribution >= 0.6 is 0 Å². The first-order chi connectivity index (χ1) is 16.0. The van der Waals surface area contributed by atoms with Crippen LogP contribution in [0.4, 0.5) is 0 Å². The number of rotatable bonds is 6. The molecule has 0 bridgehead atoms. The molecule has 0 fully saturated rings. The standard InChI is InChI=1S/C25H24N6O2/c1-16(2)31-23-19(15-27-31)18(14-20(28-23)21-10-7-13-33-21)25(32)29-22(17-8-5-4-6-9-17)24-26-11-12-30(24)3/h4-16,22H,1-3H3,(H,29,32). The van der Waals surface area contributed by atoms with Crippen LogP contribution in [0.15, 0.2) is 77.8 Å². The Bertz CT molecular complexity index is 1400. The van der Waals surface area contributed by atoms with E-state index in [-0.39, 0.29) is 11.9 Å². The van der Waals surface area contributed by atoms with Gasteiger partial charge in [0.1, 0.15) is 17.6 Å². The first-order valence-electron chi connectivity index (χ1n) is 10.8. The number of amides is 1. The lowest BCUT2D eigenvalue weighted by atomic mass is 10.0. The van der Waals surface area contributed by atoms with Crippen molar-refractivity contribution in [3.8, 4) is 11.5 Å². The molecule has 1 amide bonds. The van der Waals surface area contributed by atoms with Gasteiger partial charge in [-0.05, 0) is 37.6 Å². The summed E-state index contributed by atoms with van der Waals surface area (Å²) >= 11 is 0. The Morgan fingerprint density at radius 1 is 1.12 bits per heavy atom. The Morgan fingerprint density at radius 2 is 1.94 bits per heavy atom. The quantitative estimate of drug-likeness (QED) is 0.419. The number of carbonyl (C=O) groups excluding carboxylic acids is 1. The zero-order valence-electron chi connectivity index (χ0n) is 18.6. The molecule has 5 rings (SSSR count). The largest absolute Gasteiger partial charge is 0.463 e. The lowest BCUT2D eigenvalue weighted by molar-refractivity contribution is 0.0942. The van der Waals surface area contributed by atoms with Crippen molar-refractivity contribution in [3.05, 3.63) is 90.3 Å². The van der Waals surface area contributed by atoms with E-state index in [9.17, 15) is 4.79 Å². The van der Waals surface area contributed by atoms with Crippen molar-refractivity contribution < 1.29 is 9.21 Å². The van der Waals surface area contributed by atoms with E-state index in [1.807, 2.05) is 72.7 Å². The lowest BCUT2D eigenvalue weighted by Crippen LogP contribution is -2.31. The summed E-state index contributed by atoms with van der Waals surface area (Å²) in [5.74, 6) is 1.09. The van der Waals surface area contributed by atoms with E-state index < -0.39 is 6.04 Å². The fourth-order valence-corrected chi connectivity index (χ4v) is 3.94. The van der Waals surface area contributed by atoms with E-state index in [1.54, 1.807) is 30.8 Å². The summed E-state index contributed by atoms with van der Waals surface area (Å²) in [7, 11) is 1.91. The van der Waals surface area contributed by atoms with Crippen molar-refractivity contribution in [3.63, 3.8) is 0 Å². The molecule has 5 aromatic rings. The summed E-state index contributed by atoms with van der Waals surface area (Å²) in [6.07, 6.45) is 6.88. The van der Waals surface area contributed by atoms with Crippen molar-refractivity contribution in [2.45, 2.75) is 25.9 Å². The van der Waals surface area contributed by atoms with Gasteiger partial charge >= 0.3 is 0 Å². The van der Waals surface area contributed by atoms with Crippen LogP contribution in [-0.2, 0) is 7.05 Å². The minimum Gasteiger partial charge on any atom is -0.463 e. The monoisotopic (exact) mass is 440 g/mol. The van der Waals surface area contributed by atoms with Crippen LogP contribution in [0.25, 0.3) is 22.5 Å². The van der Waals surface area contributed by atoms with Crippen LogP contribution < -0.4 is 5.32 Å². The third-order valence-corrected chi connectivity index (χ3v) is 5.60. The fraction of sp³-hybridized carbons (Fsp3) is 0.200. The SMILES string of the molecule is CC(C)n1ncc2c(C(=O)NC(c3ccccc3)c3nccn3C)cc(-c3ccco3)nc21. The maximum Gasteiger partial charge on any atom is 0.253 e. The Balaban J connectivity index is 1.62. The number of imidazole rings is 1. The molecule has 1 N–H and O–H groups in total. The molecule has 0 spiro atoms. The molecule has 0 aliphatic carbocycles. The fourth-order valence-electron chi connectivity index (χ4n) is 3.94. The molecule has 1 atom stereocenters. The van der Waals surface area contributed by atoms with E-state index in [2.05, 4.69) is 15.4 Å². The second kappa shape index (κ2) is 8.38. The molecule has 0 aliphatic rings. The van der Waals surface area contributed by atoms with Gasteiger partial charge in [-0.1, -0.05) is 30.3 Å². The molecule has 0 aliphatic heterocycles. The van der Waals surface area contributed by atoms with Crippen LogP contribution in [0.2, 0.25) is 0 Å². The number of hydrogen-bond donors (Lipinski definition) is 1. The number of hydrogen-bond acceptors (Lipinski definition) is 5. The normalized spacial score (nSPS) is 12.4. The molecular weight excluding hydrogens is 416 g/mol. The zero-order valence-corrected chi connectivity index (χ0v) is 18.6. The second-order valence-corrected chi connectivity index (χ2v) is 8.17. The van der Waals surface area contributed by atoms with Crippen LogP contribution in [0, 0.1) is 0 Å². The lowest BCUT2D eigenvalue weighted by Gasteiger charge is -2.19. The first kappa shape index (κ1) is 20.7. The maximum absolute atomic E-state index is 13.7. The van der Waals surface area contributed by atoms with Crippen molar-refractivity contribution >= 4 is 16.9 Å². The van der Waals surface area contributed by atoms with Gasteiger partial charge in [-0.15, -0.1) is 0 Å². The highest BCUT2D eigenvalue weighted by Crippen LogP contribution is 2.28. The average Bonchev–Trinajstić information content (AvgIpc) is 3.58. The van der Waals surface area contributed by atoms with Gasteiger partial charge in [-0.25, -0.2) is 14.6 Å². The van der Waals surface area contributed by atoms with Crippen LogP contribution in [0.1, 0.15) is 47.7 Å². The summed E-state index contributed by atoms with van der Waals surface area (Å²) in [5, 5.41) is 8.35. The highest BCUT2D eigenvalue weighted by atomic mass is 16.3. The highest BCUT2D eigenvalue weighted by molar-refractivity contribution is 6.06. The van der Waals surface area contributed by atoms with E-state index in [1.165, 1.54) is 0 Å². The number of furan rings is 1. The smallest absolute Gasteiger partial charge is 0.253 e. The summed E-state index contributed by atoms with van der Waals surface area (Å²) in [6.45, 7) is 4.06. The van der Waals surface area contributed by atoms with E-state index in [0.717, 1.165) is 11.4 Å². The molecule has 33 heavy (non-hydrogen) atoms. The topological polar surface area (TPSA) is 90.8 Å². The van der Waals surface area contributed by atoms with Crippen molar-refractivity contribution in [1.29, 1.82) is 0 Å². The number of aryl methyl sites for hydroxylation is 1. The summed E-state index contributed by atoms with van der Waals surface area (Å²) in [6, 6.07) is 14.8. The zero-order chi connectivity index (χ0) is 22.9. The number of carbonyl (C=O) groups is 1. The van der Waals surface area contributed by atoms with Crippen molar-refractivity contribution in [2.24, 2.45) is 7.05 Å². The van der Waals surface area contributed by atoms with E-state index >= 15 is 0 Å². The molecular formula is C25H24N6O2. The predicted molar refractivity (Wildman–Crippen MR) is 125 cm³/mol. The van der Waals surface area contributed by atoms with Gasteiger partial charge in [0.25, 0.3) is 5.91 Å². The van der Waals surface area contributed by atoms with Gasteiger partial charge in [-0.3, -0.25) is 4.79 Å². The summed E-state index contributed by atoms with van der Waals surface area (Å²) in [4.78, 5) is 23.0. The van der Waals surface area contributed by atoms with E-state index in [0.29, 0.717) is 28.1 Å². The molecule has 8 nitrogen and oxygen atoms in total. The molecule has 166 valence electrons. The predicted octanol–water partition coefficient (Wildman–Crippen LogP) is 4.53. The molecule has 0 saturated carbocycles. The Kier molecular flexibility index (Phi) is 5.26. The van der Waals surface area contributed by atoms with Crippen LogP contribution in [-0.4, -0.2) is 30.2 Å². The third-order valence-electron chi connectivity index (χ3n) is 5.60. The molecule has 4 heterocycles. The molecule has 1 aromatic carbocycles. The van der Waals surface area contributed by atoms with Crippen molar-refractivity contribution in [1.82, 2.24) is 29.6 Å². The summed E-state index contributed by atoms with van der Waals surface area (Å²) < 4.78 is 9.29. The number of aromatic nitrogens is 5. The number of nitrogens with zero attached hydrogens (tertiary/aromatic N) is 5. The van der Waals surface area contributed by atoms with Gasteiger partial charge in [0.05, 0.1) is 23.4 Å². The average molecular weight is 441 g/mol. The summed E-state index contributed by atoms with van der Waals surface area (Å²) in [5.41, 5.74) is 2.63. The minimum absolute atomic E-state index is 0.0856. The van der Waals surface area contributed by atoms with Gasteiger partial charge in [-0.2, -0.15) is 5.10 Å². The molecule has 8 heteroatoms. The van der Waals surface area contributed by atoms with Crippen molar-refractivity contribution in [2.75, 3.05) is 0 Å². The Hall–Kier alpha value is -4.20. The Morgan fingerprint density at radius 3 is 2.61 bits per heavy atom. The van der Waals surface area contributed by atoms with Gasteiger partial charge in [0.15, 0.2) is 11.4 Å².